The molecule has 1 aromatic carbocycles. The highest BCUT2D eigenvalue weighted by Crippen LogP contribution is 2.13. The summed E-state index contributed by atoms with van der Waals surface area (Å²) in [5.41, 5.74) is 0.547. The van der Waals surface area contributed by atoms with Crippen molar-refractivity contribution in [3.63, 3.8) is 0 Å². The maximum absolute atomic E-state index is 12.5. The quantitative estimate of drug-likeness (QED) is 0.831. The Labute approximate surface area is 128 Å². The lowest BCUT2D eigenvalue weighted by molar-refractivity contribution is -0.143. The van der Waals surface area contributed by atoms with Crippen molar-refractivity contribution >= 4 is 16.8 Å². The first kappa shape index (κ1) is 14.7. The molecule has 0 spiro atoms. The molecule has 0 saturated carbocycles. The Morgan fingerprint density at radius 3 is 2.68 bits per heavy atom. The summed E-state index contributed by atoms with van der Waals surface area (Å²) in [6.45, 7) is 5.22. The molecule has 22 heavy (non-hydrogen) atoms. The third-order valence-electron chi connectivity index (χ3n) is 3.82. The summed E-state index contributed by atoms with van der Waals surface area (Å²) in [7, 11) is 0. The molecule has 0 bridgehead atoms. The Bertz CT molecular complexity index is 746. The number of carbonyl (C=O) groups excluding carboxylic acids is 1. The van der Waals surface area contributed by atoms with Crippen molar-refractivity contribution in [2.75, 3.05) is 13.1 Å². The van der Waals surface area contributed by atoms with Crippen LogP contribution in [0.5, 0.6) is 0 Å². The van der Waals surface area contributed by atoms with E-state index in [1.54, 1.807) is 21.7 Å². The van der Waals surface area contributed by atoms with Gasteiger partial charge in [-0.2, -0.15) is 5.10 Å². The molecule has 1 aromatic heterocycles. The smallest absolute Gasteiger partial charge is 0.244 e. The van der Waals surface area contributed by atoms with Gasteiger partial charge in [-0.15, -0.1) is 0 Å². The second-order valence-corrected chi connectivity index (χ2v) is 5.74. The Morgan fingerprint density at radius 1 is 1.27 bits per heavy atom. The van der Waals surface area contributed by atoms with Crippen molar-refractivity contribution in [3.8, 4) is 0 Å². The van der Waals surface area contributed by atoms with E-state index in [1.807, 2.05) is 26.0 Å². The first-order valence-corrected chi connectivity index (χ1v) is 7.42. The number of morpholine rings is 1. The van der Waals surface area contributed by atoms with Crippen LogP contribution in [-0.2, 0) is 16.1 Å². The van der Waals surface area contributed by atoms with Gasteiger partial charge in [0.1, 0.15) is 6.54 Å². The molecule has 1 aliphatic rings. The number of carbonyl (C=O) groups is 1. The molecule has 1 aliphatic heterocycles. The molecular weight excluding hydrogens is 282 g/mol. The second kappa shape index (κ2) is 5.88. The van der Waals surface area contributed by atoms with E-state index in [0.717, 1.165) is 0 Å². The standard InChI is InChI=1S/C16H19N3O3/c1-11-8-18(9-12(2)22-11)16(21)10-19-14-6-4-3-5-13(14)15(20)7-17-19/h3-7,11-12H,8-10H2,1-2H3/t11-,12+. The molecule has 0 unspecified atom stereocenters. The Balaban J connectivity index is 1.86. The SMILES string of the molecule is C[C@@H]1CN(C(=O)Cn2ncc(=O)c3ccccc32)C[C@H](C)O1. The number of benzene rings is 1. The molecule has 1 saturated heterocycles. The van der Waals surface area contributed by atoms with E-state index in [-0.39, 0.29) is 30.1 Å². The van der Waals surface area contributed by atoms with E-state index >= 15 is 0 Å². The van der Waals surface area contributed by atoms with Gasteiger partial charge in [-0.3, -0.25) is 14.3 Å². The molecule has 0 aliphatic carbocycles. The van der Waals surface area contributed by atoms with Gasteiger partial charge in [-0.05, 0) is 26.0 Å². The molecular formula is C16H19N3O3. The third-order valence-corrected chi connectivity index (χ3v) is 3.82. The largest absolute Gasteiger partial charge is 0.372 e. The lowest BCUT2D eigenvalue weighted by Crippen LogP contribution is -2.49. The lowest BCUT2D eigenvalue weighted by atomic mass is 10.2. The Kier molecular flexibility index (Phi) is 3.94. The molecule has 3 rings (SSSR count). The normalized spacial score (nSPS) is 22.0. The lowest BCUT2D eigenvalue weighted by Gasteiger charge is -2.35. The Morgan fingerprint density at radius 2 is 1.95 bits per heavy atom. The predicted octanol–water partition coefficient (Wildman–Crippen LogP) is 1.03. The van der Waals surface area contributed by atoms with Crippen LogP contribution in [-0.4, -0.2) is 45.9 Å². The summed E-state index contributed by atoms with van der Waals surface area (Å²) in [5.74, 6) is -0.0108. The molecule has 2 atom stereocenters. The molecule has 1 fully saturated rings. The maximum atomic E-state index is 12.5. The van der Waals surface area contributed by atoms with E-state index in [2.05, 4.69) is 5.10 Å². The highest BCUT2D eigenvalue weighted by atomic mass is 16.5. The summed E-state index contributed by atoms with van der Waals surface area (Å²) in [6, 6.07) is 7.20. The highest BCUT2D eigenvalue weighted by Gasteiger charge is 2.26. The summed E-state index contributed by atoms with van der Waals surface area (Å²) in [5, 5.41) is 4.68. The van der Waals surface area contributed by atoms with Gasteiger partial charge in [0, 0.05) is 18.5 Å². The van der Waals surface area contributed by atoms with Gasteiger partial charge >= 0.3 is 0 Å². The first-order valence-electron chi connectivity index (χ1n) is 7.42. The number of fused-ring (bicyclic) bond motifs is 1. The molecule has 0 radical (unpaired) electrons. The molecule has 1 amide bonds. The zero-order valence-corrected chi connectivity index (χ0v) is 12.7. The molecule has 2 aromatic rings. The second-order valence-electron chi connectivity index (χ2n) is 5.74. The van der Waals surface area contributed by atoms with Crippen molar-refractivity contribution in [2.45, 2.75) is 32.6 Å². The van der Waals surface area contributed by atoms with Crippen molar-refractivity contribution < 1.29 is 9.53 Å². The predicted molar refractivity (Wildman–Crippen MR) is 82.6 cm³/mol. The summed E-state index contributed by atoms with van der Waals surface area (Å²) >= 11 is 0. The number of rotatable bonds is 2. The number of ether oxygens (including phenoxy) is 1. The van der Waals surface area contributed by atoms with Crippen molar-refractivity contribution in [2.24, 2.45) is 0 Å². The minimum atomic E-state index is -0.132. The number of nitrogens with zero attached hydrogens (tertiary/aromatic N) is 3. The number of amides is 1. The molecule has 0 N–H and O–H groups in total. The van der Waals surface area contributed by atoms with E-state index < -0.39 is 0 Å². The van der Waals surface area contributed by atoms with Crippen molar-refractivity contribution in [3.05, 3.63) is 40.7 Å². The van der Waals surface area contributed by atoms with Gasteiger partial charge in [0.15, 0.2) is 0 Å². The van der Waals surface area contributed by atoms with Gasteiger partial charge in [0.2, 0.25) is 11.3 Å². The molecule has 6 heteroatoms. The van der Waals surface area contributed by atoms with Crippen LogP contribution < -0.4 is 5.43 Å². The first-order chi connectivity index (χ1) is 10.5. The maximum Gasteiger partial charge on any atom is 0.244 e. The van der Waals surface area contributed by atoms with Gasteiger partial charge < -0.3 is 9.64 Å². The Hall–Kier alpha value is -2.21. The minimum absolute atomic E-state index is 0.0108. The van der Waals surface area contributed by atoms with Crippen molar-refractivity contribution in [1.29, 1.82) is 0 Å². The number of hydrogen-bond acceptors (Lipinski definition) is 4. The van der Waals surface area contributed by atoms with Crippen LogP contribution in [0.2, 0.25) is 0 Å². The fraction of sp³-hybridized carbons (Fsp3) is 0.438. The van der Waals surface area contributed by atoms with Gasteiger partial charge in [0.25, 0.3) is 0 Å². The van der Waals surface area contributed by atoms with Crippen LogP contribution in [0.3, 0.4) is 0 Å². The monoisotopic (exact) mass is 301 g/mol. The topological polar surface area (TPSA) is 64.4 Å². The van der Waals surface area contributed by atoms with E-state index in [9.17, 15) is 9.59 Å². The van der Waals surface area contributed by atoms with E-state index in [1.165, 1.54) is 6.20 Å². The third kappa shape index (κ3) is 2.87. The van der Waals surface area contributed by atoms with Crippen LogP contribution >= 0.6 is 0 Å². The van der Waals surface area contributed by atoms with Crippen molar-refractivity contribution in [1.82, 2.24) is 14.7 Å². The van der Waals surface area contributed by atoms with E-state index in [4.69, 9.17) is 4.74 Å². The highest BCUT2D eigenvalue weighted by molar-refractivity contribution is 5.81. The van der Waals surface area contributed by atoms with E-state index in [0.29, 0.717) is 24.0 Å². The molecule has 2 heterocycles. The fourth-order valence-electron chi connectivity index (χ4n) is 2.90. The van der Waals surface area contributed by atoms with Crippen LogP contribution in [0.25, 0.3) is 10.9 Å². The summed E-state index contributed by atoms with van der Waals surface area (Å²) in [4.78, 5) is 26.1. The zero-order chi connectivity index (χ0) is 15.7. The van der Waals surface area contributed by atoms with Crippen LogP contribution in [0, 0.1) is 0 Å². The average Bonchev–Trinajstić information content (AvgIpc) is 2.49. The number of aromatic nitrogens is 2. The minimum Gasteiger partial charge on any atom is -0.372 e. The molecule has 6 nitrogen and oxygen atoms in total. The summed E-state index contributed by atoms with van der Waals surface area (Å²) < 4.78 is 7.23. The van der Waals surface area contributed by atoms with Crippen LogP contribution in [0.1, 0.15) is 13.8 Å². The fourth-order valence-corrected chi connectivity index (χ4v) is 2.90. The number of hydrogen-bond donors (Lipinski definition) is 0. The van der Waals surface area contributed by atoms with Crippen LogP contribution in [0.4, 0.5) is 0 Å². The average molecular weight is 301 g/mol. The zero-order valence-electron chi connectivity index (χ0n) is 12.7. The van der Waals surface area contributed by atoms with Gasteiger partial charge in [-0.25, -0.2) is 0 Å². The van der Waals surface area contributed by atoms with Crippen LogP contribution in [0.15, 0.2) is 35.3 Å². The molecule has 116 valence electrons. The van der Waals surface area contributed by atoms with Gasteiger partial charge in [-0.1, -0.05) is 12.1 Å². The van der Waals surface area contributed by atoms with Gasteiger partial charge in [0.05, 0.1) is 23.9 Å². The summed E-state index contributed by atoms with van der Waals surface area (Å²) in [6.07, 6.45) is 1.33. The number of para-hydroxylation sites is 1.